The SMILES string of the molecule is CC(C)CCOc1ccc(C(=O)N=Nc2c(O)[nH]c3ccccc23)cc1. The van der Waals surface area contributed by atoms with Crippen molar-refractivity contribution in [2.75, 3.05) is 6.61 Å². The lowest BCUT2D eigenvalue weighted by Gasteiger charge is -2.07. The lowest BCUT2D eigenvalue weighted by atomic mass is 10.1. The maximum absolute atomic E-state index is 12.2. The largest absolute Gasteiger partial charge is 0.494 e. The average molecular weight is 351 g/mol. The maximum Gasteiger partial charge on any atom is 0.295 e. The van der Waals surface area contributed by atoms with Crippen molar-refractivity contribution in [2.45, 2.75) is 20.3 Å². The molecule has 1 amide bonds. The van der Waals surface area contributed by atoms with Gasteiger partial charge in [-0.25, -0.2) is 0 Å². The van der Waals surface area contributed by atoms with Crippen LogP contribution in [-0.2, 0) is 0 Å². The molecule has 1 aromatic heterocycles. The van der Waals surface area contributed by atoms with Crippen LogP contribution in [0.1, 0.15) is 30.6 Å². The van der Waals surface area contributed by atoms with Crippen molar-refractivity contribution < 1.29 is 14.6 Å². The van der Waals surface area contributed by atoms with Gasteiger partial charge in [0.15, 0.2) is 5.69 Å². The van der Waals surface area contributed by atoms with E-state index >= 15 is 0 Å². The van der Waals surface area contributed by atoms with E-state index in [0.29, 0.717) is 29.2 Å². The van der Waals surface area contributed by atoms with Crippen LogP contribution in [0.5, 0.6) is 11.6 Å². The van der Waals surface area contributed by atoms with E-state index in [9.17, 15) is 9.90 Å². The normalized spacial score (nSPS) is 11.5. The molecule has 6 heteroatoms. The molecule has 0 bridgehead atoms. The van der Waals surface area contributed by atoms with E-state index in [0.717, 1.165) is 11.9 Å². The smallest absolute Gasteiger partial charge is 0.295 e. The Morgan fingerprint density at radius 1 is 1.15 bits per heavy atom. The van der Waals surface area contributed by atoms with E-state index in [-0.39, 0.29) is 11.6 Å². The Labute approximate surface area is 151 Å². The predicted molar refractivity (Wildman–Crippen MR) is 100 cm³/mol. The van der Waals surface area contributed by atoms with Gasteiger partial charge in [-0.2, -0.15) is 0 Å². The highest BCUT2D eigenvalue weighted by Gasteiger charge is 2.11. The summed E-state index contributed by atoms with van der Waals surface area (Å²) in [7, 11) is 0. The lowest BCUT2D eigenvalue weighted by molar-refractivity contribution is 0.0995. The minimum atomic E-state index is -0.483. The first-order chi connectivity index (χ1) is 12.5. The van der Waals surface area contributed by atoms with Gasteiger partial charge in [0.2, 0.25) is 5.88 Å². The number of fused-ring (bicyclic) bond motifs is 1. The fourth-order valence-corrected chi connectivity index (χ4v) is 2.47. The van der Waals surface area contributed by atoms with Crippen LogP contribution in [0.3, 0.4) is 0 Å². The highest BCUT2D eigenvalue weighted by molar-refractivity contribution is 5.97. The van der Waals surface area contributed by atoms with E-state index in [1.165, 1.54) is 0 Å². The third-order valence-electron chi connectivity index (χ3n) is 3.97. The van der Waals surface area contributed by atoms with E-state index in [1.807, 2.05) is 18.2 Å². The van der Waals surface area contributed by atoms with Gasteiger partial charge in [0, 0.05) is 10.9 Å². The third-order valence-corrected chi connectivity index (χ3v) is 3.97. The molecule has 0 unspecified atom stereocenters. The minimum absolute atomic E-state index is 0.114. The molecule has 0 aliphatic heterocycles. The Morgan fingerprint density at radius 3 is 2.62 bits per heavy atom. The van der Waals surface area contributed by atoms with Crippen molar-refractivity contribution in [1.29, 1.82) is 0 Å². The molecular formula is C20H21N3O3. The van der Waals surface area contributed by atoms with Crippen molar-refractivity contribution in [3.8, 4) is 11.6 Å². The number of azo groups is 1. The number of para-hydroxylation sites is 1. The second-order valence-corrected chi connectivity index (χ2v) is 6.43. The molecule has 3 aromatic rings. The van der Waals surface area contributed by atoms with E-state index < -0.39 is 5.91 Å². The molecule has 0 atom stereocenters. The molecule has 0 radical (unpaired) electrons. The number of hydrogen-bond donors (Lipinski definition) is 2. The highest BCUT2D eigenvalue weighted by Crippen LogP contribution is 2.35. The monoisotopic (exact) mass is 351 g/mol. The standard InChI is InChI=1S/C20H21N3O3/c1-13(2)11-12-26-15-9-7-14(8-10-15)19(24)23-22-18-16-5-3-4-6-17(16)21-20(18)25/h3-10,13,21,25H,11-12H2,1-2H3. The lowest BCUT2D eigenvalue weighted by Crippen LogP contribution is -2.01. The molecule has 134 valence electrons. The maximum atomic E-state index is 12.2. The molecular weight excluding hydrogens is 330 g/mol. The number of rotatable bonds is 6. The van der Waals surface area contributed by atoms with Gasteiger partial charge in [0.05, 0.1) is 12.1 Å². The third kappa shape index (κ3) is 4.08. The number of hydrogen-bond acceptors (Lipinski definition) is 4. The zero-order valence-electron chi connectivity index (χ0n) is 14.8. The molecule has 26 heavy (non-hydrogen) atoms. The first-order valence-electron chi connectivity index (χ1n) is 8.53. The Balaban J connectivity index is 1.69. The number of aromatic hydroxyl groups is 1. The summed E-state index contributed by atoms with van der Waals surface area (Å²) in [5.74, 6) is 0.700. The van der Waals surface area contributed by atoms with Crippen LogP contribution in [0.25, 0.3) is 10.9 Å². The molecule has 2 aromatic carbocycles. The van der Waals surface area contributed by atoms with Gasteiger partial charge in [-0.1, -0.05) is 32.0 Å². The number of carbonyl (C=O) groups excluding carboxylic acids is 1. The van der Waals surface area contributed by atoms with Gasteiger partial charge in [0.25, 0.3) is 5.91 Å². The van der Waals surface area contributed by atoms with E-state index in [4.69, 9.17) is 4.74 Å². The first-order valence-corrected chi connectivity index (χ1v) is 8.53. The number of benzene rings is 2. The minimum Gasteiger partial charge on any atom is -0.494 e. The number of aromatic nitrogens is 1. The van der Waals surface area contributed by atoms with Crippen LogP contribution in [0.4, 0.5) is 5.69 Å². The molecule has 1 heterocycles. The summed E-state index contributed by atoms with van der Waals surface area (Å²) in [5, 5.41) is 18.3. The topological polar surface area (TPSA) is 87.0 Å². The molecule has 0 aliphatic rings. The summed E-state index contributed by atoms with van der Waals surface area (Å²) in [6, 6.07) is 14.1. The number of nitrogens with one attached hydrogen (secondary N) is 1. The second kappa shape index (κ2) is 7.82. The molecule has 6 nitrogen and oxygen atoms in total. The predicted octanol–water partition coefficient (Wildman–Crippen LogP) is 5.22. The molecule has 0 aliphatic carbocycles. The number of H-pyrrole nitrogens is 1. The Morgan fingerprint density at radius 2 is 1.88 bits per heavy atom. The summed E-state index contributed by atoms with van der Waals surface area (Å²) in [6.07, 6.45) is 0.975. The quantitative estimate of drug-likeness (QED) is 0.597. The zero-order chi connectivity index (χ0) is 18.5. The second-order valence-electron chi connectivity index (χ2n) is 6.43. The van der Waals surface area contributed by atoms with Crippen molar-refractivity contribution >= 4 is 22.5 Å². The molecule has 0 saturated heterocycles. The van der Waals surface area contributed by atoms with Crippen LogP contribution in [0.2, 0.25) is 0 Å². The molecule has 0 fully saturated rings. The van der Waals surface area contributed by atoms with Crippen LogP contribution < -0.4 is 4.74 Å². The van der Waals surface area contributed by atoms with E-state index in [2.05, 4.69) is 29.1 Å². The summed E-state index contributed by atoms with van der Waals surface area (Å²) < 4.78 is 5.63. The van der Waals surface area contributed by atoms with Crippen LogP contribution >= 0.6 is 0 Å². The number of amides is 1. The summed E-state index contributed by atoms with van der Waals surface area (Å²) in [6.45, 7) is 4.92. The first kappa shape index (κ1) is 17.7. The molecule has 3 rings (SSSR count). The summed E-state index contributed by atoms with van der Waals surface area (Å²) >= 11 is 0. The zero-order valence-corrected chi connectivity index (χ0v) is 14.8. The average Bonchev–Trinajstić information content (AvgIpc) is 2.95. The van der Waals surface area contributed by atoms with Crippen molar-refractivity contribution in [3.05, 3.63) is 54.1 Å². The molecule has 0 spiro atoms. The van der Waals surface area contributed by atoms with Gasteiger partial charge >= 0.3 is 0 Å². The number of carbonyl (C=O) groups is 1. The summed E-state index contributed by atoms with van der Waals surface area (Å²) in [4.78, 5) is 15.0. The summed E-state index contributed by atoms with van der Waals surface area (Å²) in [5.41, 5.74) is 1.39. The van der Waals surface area contributed by atoms with Gasteiger partial charge < -0.3 is 14.8 Å². The number of ether oxygens (including phenoxy) is 1. The molecule has 2 N–H and O–H groups in total. The van der Waals surface area contributed by atoms with Crippen LogP contribution in [0, 0.1) is 5.92 Å². The Bertz CT molecular complexity index is 927. The molecule has 0 saturated carbocycles. The van der Waals surface area contributed by atoms with Crippen molar-refractivity contribution in [3.63, 3.8) is 0 Å². The number of aromatic amines is 1. The van der Waals surface area contributed by atoms with Crippen molar-refractivity contribution in [1.82, 2.24) is 4.98 Å². The highest BCUT2D eigenvalue weighted by atomic mass is 16.5. The fourth-order valence-electron chi connectivity index (χ4n) is 2.47. The van der Waals surface area contributed by atoms with Crippen LogP contribution in [0.15, 0.2) is 58.8 Å². The number of nitrogens with zero attached hydrogens (tertiary/aromatic N) is 2. The van der Waals surface area contributed by atoms with Gasteiger partial charge in [-0.05, 0) is 42.7 Å². The van der Waals surface area contributed by atoms with Crippen LogP contribution in [-0.4, -0.2) is 22.6 Å². The Kier molecular flexibility index (Phi) is 5.31. The van der Waals surface area contributed by atoms with Gasteiger partial charge in [-0.3, -0.25) is 4.79 Å². The van der Waals surface area contributed by atoms with E-state index in [1.54, 1.807) is 30.3 Å². The van der Waals surface area contributed by atoms with Gasteiger partial charge in [0.1, 0.15) is 5.75 Å². The fraction of sp³-hybridized carbons (Fsp3) is 0.250. The van der Waals surface area contributed by atoms with Crippen molar-refractivity contribution in [2.24, 2.45) is 16.1 Å². The van der Waals surface area contributed by atoms with Gasteiger partial charge in [-0.15, -0.1) is 10.2 Å². The Hall–Kier alpha value is -3.15.